The quantitative estimate of drug-likeness (QED) is 0.276. The number of ether oxygens (including phenoxy) is 1. The van der Waals surface area contributed by atoms with E-state index >= 15 is 0 Å². The molecule has 0 amide bonds. The lowest BCUT2D eigenvalue weighted by Crippen LogP contribution is -2.24. The molecule has 4 aromatic rings. The number of nitrogens with zero attached hydrogens (tertiary/aromatic N) is 4. The lowest BCUT2D eigenvalue weighted by atomic mass is 9.87. The summed E-state index contributed by atoms with van der Waals surface area (Å²) < 4.78 is 56.6. The Hall–Kier alpha value is -3.51. The molecule has 0 spiro atoms. The van der Waals surface area contributed by atoms with Crippen LogP contribution in [-0.2, 0) is 5.41 Å². The summed E-state index contributed by atoms with van der Waals surface area (Å²) in [5.41, 5.74) is 1.89. The van der Waals surface area contributed by atoms with Gasteiger partial charge in [-0.15, -0.1) is 11.3 Å². The summed E-state index contributed by atoms with van der Waals surface area (Å²) in [6.07, 6.45) is 1.77. The van der Waals surface area contributed by atoms with E-state index in [1.54, 1.807) is 29.3 Å². The van der Waals surface area contributed by atoms with Crippen LogP contribution >= 0.6 is 11.3 Å². The van der Waals surface area contributed by atoms with Gasteiger partial charge in [0.2, 0.25) is 0 Å². The second-order valence-corrected chi connectivity index (χ2v) is 10.8. The Bertz CT molecular complexity index is 1620. The predicted octanol–water partition coefficient (Wildman–Crippen LogP) is 8.03. The highest BCUT2D eigenvalue weighted by molar-refractivity contribution is 7.15. The van der Waals surface area contributed by atoms with Crippen molar-refractivity contribution in [3.8, 4) is 11.5 Å². The first-order valence-corrected chi connectivity index (χ1v) is 12.9. The zero-order chi connectivity index (χ0) is 30.0. The molecule has 6 heteroatoms. The van der Waals surface area contributed by atoms with Crippen LogP contribution in [0.3, 0.4) is 0 Å². The lowest BCUT2D eigenvalue weighted by Gasteiger charge is -2.20. The molecule has 0 atom stereocenters. The third-order valence-corrected chi connectivity index (χ3v) is 8.05. The molecule has 36 heavy (non-hydrogen) atoms. The van der Waals surface area contributed by atoms with Crippen molar-refractivity contribution < 1.29 is 13.0 Å². The topological polar surface area (TPSA) is 31.8 Å². The molecule has 0 bridgehead atoms. The minimum atomic E-state index is -2.78. The average Bonchev–Trinajstić information content (AvgIpc) is 3.63. The number of fused-ring (bicyclic) bond motifs is 2. The smallest absolute Gasteiger partial charge is 0.190 e. The SMILES string of the molecule is [2H]C([2H])([2H])C1(C([2H])([2H])[2H])CN(c2ncc(C(C)C)s2)c2cc(Oc3cccc(N4CN(C)c5ccccc54)c3)ccc21. The van der Waals surface area contributed by atoms with Gasteiger partial charge in [-0.3, -0.25) is 0 Å². The van der Waals surface area contributed by atoms with E-state index in [4.69, 9.17) is 13.0 Å². The van der Waals surface area contributed by atoms with Gasteiger partial charge >= 0.3 is 0 Å². The monoisotopic (exact) mass is 502 g/mol. The van der Waals surface area contributed by atoms with E-state index in [0.29, 0.717) is 29.0 Å². The number of hydrogen-bond donors (Lipinski definition) is 0. The number of anilines is 5. The van der Waals surface area contributed by atoms with E-state index in [9.17, 15) is 0 Å². The van der Waals surface area contributed by atoms with Gasteiger partial charge in [-0.1, -0.05) is 51.8 Å². The largest absolute Gasteiger partial charge is 0.457 e. The van der Waals surface area contributed by atoms with Gasteiger partial charge in [-0.05, 0) is 41.8 Å². The van der Waals surface area contributed by atoms with E-state index in [1.807, 2.05) is 36.4 Å². The van der Waals surface area contributed by atoms with Crippen LogP contribution < -0.4 is 19.4 Å². The number of benzene rings is 3. The van der Waals surface area contributed by atoms with Gasteiger partial charge in [0.05, 0.1) is 23.7 Å². The Kier molecular flexibility index (Phi) is 4.05. The highest BCUT2D eigenvalue weighted by Crippen LogP contribution is 2.47. The fraction of sp³-hybridized carbons (Fsp3) is 0.300. The molecule has 2 aliphatic heterocycles. The zero-order valence-corrected chi connectivity index (χ0v) is 21.3. The number of aromatic nitrogens is 1. The van der Waals surface area contributed by atoms with Crippen molar-refractivity contribution in [3.05, 3.63) is 83.4 Å². The van der Waals surface area contributed by atoms with E-state index in [1.165, 1.54) is 11.3 Å². The molecule has 0 unspecified atom stereocenters. The van der Waals surface area contributed by atoms with Crippen LogP contribution in [0.2, 0.25) is 0 Å². The first-order valence-electron chi connectivity index (χ1n) is 15.0. The van der Waals surface area contributed by atoms with Gasteiger partial charge in [-0.25, -0.2) is 4.98 Å². The van der Waals surface area contributed by atoms with Crippen molar-refractivity contribution in [2.45, 2.75) is 38.9 Å². The molecule has 0 fully saturated rings. The van der Waals surface area contributed by atoms with Crippen molar-refractivity contribution >= 4 is 39.2 Å². The summed E-state index contributed by atoms with van der Waals surface area (Å²) in [4.78, 5) is 11.7. The second kappa shape index (κ2) is 8.56. The zero-order valence-electron chi connectivity index (χ0n) is 26.5. The van der Waals surface area contributed by atoms with E-state index in [-0.39, 0.29) is 18.0 Å². The van der Waals surface area contributed by atoms with Crippen LogP contribution in [-0.4, -0.2) is 25.2 Å². The molecular weight excluding hydrogens is 464 g/mol. The van der Waals surface area contributed by atoms with Crippen molar-refractivity contribution in [1.29, 1.82) is 0 Å². The van der Waals surface area contributed by atoms with E-state index < -0.39 is 19.1 Å². The van der Waals surface area contributed by atoms with Crippen molar-refractivity contribution in [3.63, 3.8) is 0 Å². The molecule has 0 saturated carbocycles. The van der Waals surface area contributed by atoms with Gasteiger partial charge in [0, 0.05) is 56.1 Å². The molecule has 0 radical (unpaired) electrons. The minimum absolute atomic E-state index is 0.234. The number of rotatable bonds is 5. The average molecular weight is 503 g/mol. The van der Waals surface area contributed by atoms with Crippen LogP contribution in [0, 0.1) is 0 Å². The van der Waals surface area contributed by atoms with Crippen molar-refractivity contribution in [1.82, 2.24) is 4.98 Å². The van der Waals surface area contributed by atoms with E-state index in [0.717, 1.165) is 21.9 Å². The molecule has 0 saturated heterocycles. The third-order valence-electron chi connectivity index (χ3n) is 6.73. The minimum Gasteiger partial charge on any atom is -0.457 e. The van der Waals surface area contributed by atoms with E-state index in [2.05, 4.69) is 47.8 Å². The lowest BCUT2D eigenvalue weighted by molar-refractivity contribution is 0.482. The van der Waals surface area contributed by atoms with Crippen molar-refractivity contribution in [2.75, 3.05) is 35.0 Å². The van der Waals surface area contributed by atoms with Gasteiger partial charge in [0.25, 0.3) is 0 Å². The first-order chi connectivity index (χ1) is 19.8. The normalized spacial score (nSPS) is 19.2. The van der Waals surface area contributed by atoms with Crippen molar-refractivity contribution in [2.24, 2.45) is 0 Å². The standard InChI is InChI=1S/C30H32N4OS/c1-20(2)28-17-31-29(36-28)33-18-30(3,4)24-14-13-23(16-27(24)33)35-22-10-8-9-21(15-22)34-19-32(5)25-11-6-7-12-26(25)34/h6-17,20H,18-19H2,1-5H3/i3D3,4D3. The Morgan fingerprint density at radius 3 is 2.53 bits per heavy atom. The molecule has 6 rings (SSSR count). The Morgan fingerprint density at radius 2 is 1.75 bits per heavy atom. The molecule has 184 valence electrons. The number of thiazole rings is 1. The highest BCUT2D eigenvalue weighted by Gasteiger charge is 2.37. The molecular formula is C30H32N4OS. The molecule has 2 aliphatic rings. The summed E-state index contributed by atoms with van der Waals surface area (Å²) in [6, 6.07) is 21.0. The fourth-order valence-electron chi connectivity index (χ4n) is 4.86. The number of hydrogen-bond acceptors (Lipinski definition) is 6. The van der Waals surface area contributed by atoms with Gasteiger partial charge in [-0.2, -0.15) is 0 Å². The molecule has 5 nitrogen and oxygen atoms in total. The summed E-state index contributed by atoms with van der Waals surface area (Å²) in [6.45, 7) is -0.978. The summed E-state index contributed by atoms with van der Waals surface area (Å²) in [7, 11) is 2.06. The van der Waals surface area contributed by atoms with Gasteiger partial charge in [0.15, 0.2) is 5.13 Å². The van der Waals surface area contributed by atoms with Crippen LogP contribution in [0.1, 0.15) is 52.1 Å². The van der Waals surface area contributed by atoms with Crippen LogP contribution in [0.5, 0.6) is 11.5 Å². The maximum Gasteiger partial charge on any atom is 0.190 e. The summed E-state index contributed by atoms with van der Waals surface area (Å²) in [5, 5.41) is 0.561. The second-order valence-electron chi connectivity index (χ2n) is 9.73. The van der Waals surface area contributed by atoms with Crippen LogP contribution in [0.4, 0.5) is 27.9 Å². The number of para-hydroxylation sites is 2. The Labute approximate surface area is 226 Å². The van der Waals surface area contributed by atoms with Crippen LogP contribution in [0.25, 0.3) is 0 Å². The molecule has 1 aromatic heterocycles. The molecule has 3 heterocycles. The molecule has 0 N–H and O–H groups in total. The molecule has 0 aliphatic carbocycles. The van der Waals surface area contributed by atoms with Crippen LogP contribution in [0.15, 0.2) is 72.9 Å². The Balaban J connectivity index is 1.39. The summed E-state index contributed by atoms with van der Waals surface area (Å²) >= 11 is 1.44. The third kappa shape index (κ3) is 3.90. The maximum absolute atomic E-state index is 8.38. The van der Waals surface area contributed by atoms with Gasteiger partial charge in [0.1, 0.15) is 11.5 Å². The molecule has 3 aromatic carbocycles. The fourth-order valence-corrected chi connectivity index (χ4v) is 5.79. The first kappa shape index (κ1) is 17.0. The maximum atomic E-state index is 8.38. The summed E-state index contributed by atoms with van der Waals surface area (Å²) in [5.74, 6) is 1.32. The van der Waals surface area contributed by atoms with Gasteiger partial charge < -0.3 is 19.4 Å². The Morgan fingerprint density at radius 1 is 0.944 bits per heavy atom. The predicted molar refractivity (Wildman–Crippen MR) is 151 cm³/mol. The highest BCUT2D eigenvalue weighted by atomic mass is 32.1.